The third-order valence-corrected chi connectivity index (χ3v) is 6.73. The molecule has 0 spiro atoms. The number of nitrogens with one attached hydrogen (secondary N) is 1. The first-order chi connectivity index (χ1) is 15.3. The second-order valence-electron chi connectivity index (χ2n) is 6.74. The van der Waals surface area contributed by atoms with Crippen molar-refractivity contribution in [2.24, 2.45) is 0 Å². The number of carbonyl (C=O) groups is 3. The highest BCUT2D eigenvalue weighted by atomic mass is 32.2. The zero-order valence-corrected chi connectivity index (χ0v) is 18.3. The maximum absolute atomic E-state index is 12.7. The largest absolute Gasteiger partial charge is 0.465 e. The number of rotatable bonds is 6. The summed E-state index contributed by atoms with van der Waals surface area (Å²) < 4.78 is 41.3. The first kappa shape index (κ1) is 23.4. The number of benzene rings is 2. The number of esters is 2. The van der Waals surface area contributed by atoms with E-state index in [1.54, 1.807) is 0 Å². The molecule has 0 radical (unpaired) electrons. The van der Waals surface area contributed by atoms with Crippen LogP contribution in [0.3, 0.4) is 0 Å². The fourth-order valence-electron chi connectivity index (χ4n) is 3.09. The molecule has 11 heteroatoms. The van der Waals surface area contributed by atoms with E-state index in [2.05, 4.69) is 10.1 Å². The van der Waals surface area contributed by atoms with E-state index in [9.17, 15) is 22.8 Å². The molecule has 3 rings (SSSR count). The van der Waals surface area contributed by atoms with Crippen LogP contribution in [-0.4, -0.2) is 71.1 Å². The normalized spacial score (nSPS) is 14.4. The Morgan fingerprint density at radius 3 is 2.09 bits per heavy atom. The maximum Gasteiger partial charge on any atom is 0.339 e. The van der Waals surface area contributed by atoms with E-state index in [0.29, 0.717) is 13.2 Å². The van der Waals surface area contributed by atoms with Gasteiger partial charge in [-0.3, -0.25) is 4.79 Å². The fraction of sp³-hybridized carbons (Fsp3) is 0.286. The van der Waals surface area contributed by atoms with E-state index >= 15 is 0 Å². The van der Waals surface area contributed by atoms with Gasteiger partial charge in [0, 0.05) is 18.7 Å². The Kier molecular flexibility index (Phi) is 7.23. The predicted molar refractivity (Wildman–Crippen MR) is 113 cm³/mol. The second-order valence-corrected chi connectivity index (χ2v) is 8.68. The zero-order valence-electron chi connectivity index (χ0n) is 17.5. The quantitative estimate of drug-likeness (QED) is 0.640. The van der Waals surface area contributed by atoms with Crippen LogP contribution in [0.5, 0.6) is 0 Å². The third kappa shape index (κ3) is 4.96. The molecule has 32 heavy (non-hydrogen) atoms. The molecule has 2 aromatic rings. The number of methoxy groups -OCH3 is 2. The van der Waals surface area contributed by atoms with Gasteiger partial charge in [-0.1, -0.05) is 0 Å². The average Bonchev–Trinajstić information content (AvgIpc) is 2.83. The molecule has 1 amide bonds. The Morgan fingerprint density at radius 2 is 1.50 bits per heavy atom. The van der Waals surface area contributed by atoms with Crippen LogP contribution >= 0.6 is 0 Å². The molecule has 1 fully saturated rings. The molecule has 0 bridgehead atoms. The zero-order chi connectivity index (χ0) is 23.3. The molecule has 1 aliphatic rings. The van der Waals surface area contributed by atoms with Crippen molar-refractivity contribution in [2.45, 2.75) is 4.90 Å². The smallest absolute Gasteiger partial charge is 0.339 e. The minimum Gasteiger partial charge on any atom is -0.465 e. The van der Waals surface area contributed by atoms with E-state index < -0.39 is 27.9 Å². The highest BCUT2D eigenvalue weighted by Crippen LogP contribution is 2.22. The lowest BCUT2D eigenvalue weighted by molar-refractivity contribution is 0.0587. The summed E-state index contributed by atoms with van der Waals surface area (Å²) in [7, 11) is -1.29. The Morgan fingerprint density at radius 1 is 0.906 bits per heavy atom. The Bertz CT molecular complexity index is 1120. The van der Waals surface area contributed by atoms with Gasteiger partial charge in [-0.2, -0.15) is 4.31 Å². The number of hydrogen-bond acceptors (Lipinski definition) is 8. The van der Waals surface area contributed by atoms with Crippen molar-refractivity contribution in [1.29, 1.82) is 0 Å². The Labute approximate surface area is 185 Å². The van der Waals surface area contributed by atoms with Gasteiger partial charge < -0.3 is 19.5 Å². The summed E-state index contributed by atoms with van der Waals surface area (Å²) in [6.07, 6.45) is 0. The number of morpholine rings is 1. The van der Waals surface area contributed by atoms with Gasteiger partial charge in [-0.15, -0.1) is 0 Å². The van der Waals surface area contributed by atoms with Gasteiger partial charge in [0.05, 0.1) is 49.1 Å². The summed E-state index contributed by atoms with van der Waals surface area (Å²) in [6, 6.07) is 9.42. The molecule has 0 aliphatic carbocycles. The molecule has 170 valence electrons. The van der Waals surface area contributed by atoms with Crippen LogP contribution in [0.25, 0.3) is 0 Å². The number of sulfonamides is 1. The summed E-state index contributed by atoms with van der Waals surface area (Å²) in [6.45, 7) is 1.18. The molecular weight excluding hydrogens is 440 g/mol. The highest BCUT2D eigenvalue weighted by molar-refractivity contribution is 7.89. The van der Waals surface area contributed by atoms with E-state index in [1.807, 2.05) is 0 Å². The van der Waals surface area contributed by atoms with Crippen molar-refractivity contribution in [1.82, 2.24) is 4.31 Å². The lowest BCUT2D eigenvalue weighted by atomic mass is 10.1. The number of ether oxygens (including phenoxy) is 3. The summed E-state index contributed by atoms with van der Waals surface area (Å²) >= 11 is 0. The van der Waals surface area contributed by atoms with Crippen molar-refractivity contribution in [2.75, 3.05) is 45.8 Å². The number of hydrogen-bond donors (Lipinski definition) is 1. The molecule has 0 unspecified atom stereocenters. The topological polar surface area (TPSA) is 128 Å². The van der Waals surface area contributed by atoms with Crippen molar-refractivity contribution in [3.63, 3.8) is 0 Å². The highest BCUT2D eigenvalue weighted by Gasteiger charge is 2.26. The second kappa shape index (κ2) is 9.90. The Hall–Kier alpha value is -3.28. The summed E-state index contributed by atoms with van der Waals surface area (Å²) in [4.78, 5) is 36.6. The molecule has 1 saturated heterocycles. The molecule has 1 aliphatic heterocycles. The van der Waals surface area contributed by atoms with Crippen LogP contribution in [-0.2, 0) is 24.2 Å². The molecule has 1 N–H and O–H groups in total. The van der Waals surface area contributed by atoms with Crippen molar-refractivity contribution in [3.8, 4) is 0 Å². The van der Waals surface area contributed by atoms with E-state index in [-0.39, 0.29) is 40.4 Å². The number of carbonyl (C=O) groups excluding carboxylic acids is 3. The minimum absolute atomic E-state index is 0.0417. The van der Waals surface area contributed by atoms with Crippen LogP contribution in [0, 0.1) is 0 Å². The maximum atomic E-state index is 12.7. The van der Waals surface area contributed by atoms with Crippen LogP contribution in [0.2, 0.25) is 0 Å². The molecule has 0 aromatic heterocycles. The van der Waals surface area contributed by atoms with Crippen molar-refractivity contribution >= 4 is 33.6 Å². The average molecular weight is 462 g/mol. The van der Waals surface area contributed by atoms with Gasteiger partial charge in [0.15, 0.2) is 0 Å². The third-order valence-electron chi connectivity index (χ3n) is 4.82. The number of amides is 1. The lowest BCUT2D eigenvalue weighted by Gasteiger charge is -2.26. The van der Waals surface area contributed by atoms with E-state index in [4.69, 9.17) is 9.47 Å². The number of anilines is 1. The molecule has 1 heterocycles. The number of nitrogens with zero attached hydrogens (tertiary/aromatic N) is 1. The van der Waals surface area contributed by atoms with Gasteiger partial charge in [0.1, 0.15) is 0 Å². The van der Waals surface area contributed by atoms with Gasteiger partial charge >= 0.3 is 11.9 Å². The lowest BCUT2D eigenvalue weighted by Crippen LogP contribution is -2.40. The fourth-order valence-corrected chi connectivity index (χ4v) is 4.50. The van der Waals surface area contributed by atoms with E-state index in [0.717, 1.165) is 0 Å². The van der Waals surface area contributed by atoms with Crippen LogP contribution in [0.1, 0.15) is 31.1 Å². The molecular formula is C21H22N2O8S. The first-order valence-corrected chi connectivity index (χ1v) is 11.0. The van der Waals surface area contributed by atoms with Crippen LogP contribution in [0.4, 0.5) is 5.69 Å². The summed E-state index contributed by atoms with van der Waals surface area (Å²) in [5, 5.41) is 2.56. The molecule has 0 saturated carbocycles. The minimum atomic E-state index is -3.69. The van der Waals surface area contributed by atoms with Crippen molar-refractivity contribution < 1.29 is 37.0 Å². The van der Waals surface area contributed by atoms with Crippen molar-refractivity contribution in [3.05, 3.63) is 59.2 Å². The van der Waals surface area contributed by atoms with Gasteiger partial charge in [0.25, 0.3) is 5.91 Å². The molecule has 0 atom stereocenters. The first-order valence-electron chi connectivity index (χ1n) is 9.58. The van der Waals surface area contributed by atoms with Crippen LogP contribution < -0.4 is 5.32 Å². The Balaban J connectivity index is 1.84. The summed E-state index contributed by atoms with van der Waals surface area (Å²) in [5.41, 5.74) is 0.377. The van der Waals surface area contributed by atoms with Gasteiger partial charge in [-0.25, -0.2) is 18.0 Å². The van der Waals surface area contributed by atoms with Crippen LogP contribution in [0.15, 0.2) is 47.4 Å². The SMILES string of the molecule is COC(=O)c1ccc(C(=O)OC)c(NC(=O)c2ccc(S(=O)(=O)N3CCOCC3)cc2)c1. The predicted octanol–water partition coefficient (Wildman–Crippen LogP) is 1.53. The molecule has 2 aromatic carbocycles. The monoisotopic (exact) mass is 462 g/mol. The van der Waals surface area contributed by atoms with E-state index in [1.165, 1.54) is 61.0 Å². The van der Waals surface area contributed by atoms with Gasteiger partial charge in [0.2, 0.25) is 10.0 Å². The molecule has 10 nitrogen and oxygen atoms in total. The van der Waals surface area contributed by atoms with Gasteiger partial charge in [-0.05, 0) is 42.5 Å². The standard InChI is InChI=1S/C21H22N2O8S/c1-29-20(25)15-5-8-17(21(26)30-2)18(13-15)22-19(24)14-3-6-16(7-4-14)32(27,28)23-9-11-31-12-10-23/h3-8,13H,9-12H2,1-2H3,(H,22,24). The summed E-state index contributed by atoms with van der Waals surface area (Å²) in [5.74, 6) is -1.95.